The molecular formula is C27H22FNO4. The van der Waals surface area contributed by atoms with E-state index in [0.29, 0.717) is 5.56 Å². The number of ether oxygens (including phenoxy) is 2. The van der Waals surface area contributed by atoms with Crippen molar-refractivity contribution in [3.8, 4) is 16.9 Å². The van der Waals surface area contributed by atoms with E-state index in [-0.39, 0.29) is 24.7 Å². The van der Waals surface area contributed by atoms with Gasteiger partial charge in [0.2, 0.25) is 0 Å². The second kappa shape index (κ2) is 9.96. The third-order valence-electron chi connectivity index (χ3n) is 5.06. The van der Waals surface area contributed by atoms with Crippen LogP contribution < -0.4 is 10.1 Å². The standard InChI is InChI=1S/C27H22FNO4/c1-2-32-26(30)17-33-21-12-13-24(28)25(16-21)29-27(31)23-15-20(18-8-4-3-5-9-18)14-19-10-6-7-11-22(19)23/h3-16H,2,17H2,1H3,(H,29,31). The van der Waals surface area contributed by atoms with Gasteiger partial charge < -0.3 is 14.8 Å². The molecule has 1 amide bonds. The van der Waals surface area contributed by atoms with Gasteiger partial charge in [0, 0.05) is 11.6 Å². The number of rotatable bonds is 7. The quantitative estimate of drug-likeness (QED) is 0.365. The Morgan fingerprint density at radius 2 is 1.64 bits per heavy atom. The Bertz CT molecular complexity index is 1300. The summed E-state index contributed by atoms with van der Waals surface area (Å²) in [5, 5.41) is 4.29. The molecule has 5 nitrogen and oxygen atoms in total. The van der Waals surface area contributed by atoms with Crippen molar-refractivity contribution < 1.29 is 23.5 Å². The number of carbonyl (C=O) groups is 2. The lowest BCUT2D eigenvalue weighted by Crippen LogP contribution is -2.16. The third-order valence-corrected chi connectivity index (χ3v) is 5.06. The highest BCUT2D eigenvalue weighted by atomic mass is 19.1. The molecule has 33 heavy (non-hydrogen) atoms. The van der Waals surface area contributed by atoms with E-state index in [1.807, 2.05) is 60.7 Å². The van der Waals surface area contributed by atoms with Crippen molar-refractivity contribution in [2.75, 3.05) is 18.5 Å². The van der Waals surface area contributed by atoms with Gasteiger partial charge in [0.25, 0.3) is 5.91 Å². The van der Waals surface area contributed by atoms with Crippen LogP contribution in [0.3, 0.4) is 0 Å². The van der Waals surface area contributed by atoms with Crippen molar-refractivity contribution in [2.45, 2.75) is 6.92 Å². The Kier molecular flexibility index (Phi) is 6.64. The molecule has 0 fully saturated rings. The van der Waals surface area contributed by atoms with Crippen molar-refractivity contribution >= 4 is 28.3 Å². The normalized spacial score (nSPS) is 10.6. The molecule has 4 aromatic carbocycles. The summed E-state index contributed by atoms with van der Waals surface area (Å²) in [5.41, 5.74) is 2.23. The maximum atomic E-state index is 14.5. The SMILES string of the molecule is CCOC(=O)COc1ccc(F)c(NC(=O)c2cc(-c3ccccc3)cc3ccccc23)c1. The molecule has 0 heterocycles. The number of anilines is 1. The van der Waals surface area contributed by atoms with Crippen LogP contribution in [0.2, 0.25) is 0 Å². The number of carbonyl (C=O) groups excluding carboxylic acids is 2. The van der Waals surface area contributed by atoms with Crippen molar-refractivity contribution in [1.82, 2.24) is 0 Å². The van der Waals surface area contributed by atoms with Crippen LogP contribution in [0, 0.1) is 5.82 Å². The van der Waals surface area contributed by atoms with Gasteiger partial charge in [0.15, 0.2) is 6.61 Å². The smallest absolute Gasteiger partial charge is 0.344 e. The first-order valence-corrected chi connectivity index (χ1v) is 10.5. The van der Waals surface area contributed by atoms with E-state index in [9.17, 15) is 14.0 Å². The van der Waals surface area contributed by atoms with Crippen LogP contribution in [0.5, 0.6) is 5.75 Å². The van der Waals surface area contributed by atoms with Crippen LogP contribution in [0.1, 0.15) is 17.3 Å². The number of fused-ring (bicyclic) bond motifs is 1. The lowest BCUT2D eigenvalue weighted by molar-refractivity contribution is -0.145. The summed E-state index contributed by atoms with van der Waals surface area (Å²) in [5.74, 6) is -1.36. The van der Waals surface area contributed by atoms with Gasteiger partial charge in [-0.15, -0.1) is 0 Å². The van der Waals surface area contributed by atoms with Crippen molar-refractivity contribution in [3.05, 3.63) is 96.3 Å². The van der Waals surface area contributed by atoms with Crippen LogP contribution in [0.25, 0.3) is 21.9 Å². The van der Waals surface area contributed by atoms with E-state index >= 15 is 0 Å². The molecule has 166 valence electrons. The number of esters is 1. The number of nitrogens with one attached hydrogen (secondary N) is 1. The maximum Gasteiger partial charge on any atom is 0.344 e. The molecule has 0 saturated heterocycles. The van der Waals surface area contributed by atoms with Gasteiger partial charge in [-0.3, -0.25) is 4.79 Å². The lowest BCUT2D eigenvalue weighted by atomic mass is 9.96. The van der Waals surface area contributed by atoms with Gasteiger partial charge in [-0.1, -0.05) is 54.6 Å². The fourth-order valence-corrected chi connectivity index (χ4v) is 3.52. The first-order chi connectivity index (χ1) is 16.0. The lowest BCUT2D eigenvalue weighted by Gasteiger charge is -2.13. The molecule has 0 saturated carbocycles. The largest absolute Gasteiger partial charge is 0.482 e. The Hall–Kier alpha value is -4.19. The summed E-state index contributed by atoms with van der Waals surface area (Å²) in [4.78, 5) is 24.7. The Labute approximate surface area is 190 Å². The van der Waals surface area contributed by atoms with E-state index in [1.54, 1.807) is 13.0 Å². The Morgan fingerprint density at radius 1 is 0.879 bits per heavy atom. The zero-order valence-electron chi connectivity index (χ0n) is 18.0. The van der Waals surface area contributed by atoms with E-state index < -0.39 is 17.7 Å². The molecular weight excluding hydrogens is 421 g/mol. The molecule has 1 N–H and O–H groups in total. The van der Waals surface area contributed by atoms with Crippen LogP contribution in [0.4, 0.5) is 10.1 Å². The highest BCUT2D eigenvalue weighted by Crippen LogP contribution is 2.29. The molecule has 0 bridgehead atoms. The predicted molar refractivity (Wildman–Crippen MR) is 126 cm³/mol. The second-order valence-corrected chi connectivity index (χ2v) is 7.30. The third kappa shape index (κ3) is 5.18. The molecule has 4 rings (SSSR count). The molecule has 0 aliphatic carbocycles. The first-order valence-electron chi connectivity index (χ1n) is 10.5. The zero-order valence-corrected chi connectivity index (χ0v) is 18.0. The van der Waals surface area contributed by atoms with Crippen molar-refractivity contribution in [1.29, 1.82) is 0 Å². The number of hydrogen-bond donors (Lipinski definition) is 1. The summed E-state index contributed by atoms with van der Waals surface area (Å²) in [6.07, 6.45) is 0. The minimum Gasteiger partial charge on any atom is -0.482 e. The molecule has 0 aliphatic heterocycles. The molecule has 0 aromatic heterocycles. The topological polar surface area (TPSA) is 64.6 Å². The van der Waals surface area contributed by atoms with E-state index in [2.05, 4.69) is 5.32 Å². The van der Waals surface area contributed by atoms with Gasteiger partial charge in [0.1, 0.15) is 11.6 Å². The number of amides is 1. The van der Waals surface area contributed by atoms with E-state index in [0.717, 1.165) is 21.9 Å². The minimum atomic E-state index is -0.615. The number of hydrogen-bond acceptors (Lipinski definition) is 4. The summed E-state index contributed by atoms with van der Waals surface area (Å²) < 4.78 is 24.6. The van der Waals surface area contributed by atoms with Gasteiger partial charge in [-0.25, -0.2) is 9.18 Å². The van der Waals surface area contributed by atoms with Gasteiger partial charge >= 0.3 is 5.97 Å². The summed E-state index contributed by atoms with van der Waals surface area (Å²) >= 11 is 0. The van der Waals surface area contributed by atoms with E-state index in [1.165, 1.54) is 18.2 Å². The average molecular weight is 443 g/mol. The monoisotopic (exact) mass is 443 g/mol. The predicted octanol–water partition coefficient (Wildman–Crippen LogP) is 5.84. The molecule has 0 spiro atoms. The molecule has 0 aliphatic rings. The van der Waals surface area contributed by atoms with Crippen molar-refractivity contribution in [3.63, 3.8) is 0 Å². The van der Waals surface area contributed by atoms with Crippen LogP contribution in [-0.2, 0) is 9.53 Å². The average Bonchev–Trinajstić information content (AvgIpc) is 2.84. The summed E-state index contributed by atoms with van der Waals surface area (Å²) in [7, 11) is 0. The Balaban J connectivity index is 1.64. The molecule has 0 radical (unpaired) electrons. The highest BCUT2D eigenvalue weighted by Gasteiger charge is 2.16. The molecule has 4 aromatic rings. The van der Waals surface area contributed by atoms with Crippen LogP contribution in [-0.4, -0.2) is 25.1 Å². The minimum absolute atomic E-state index is 0.0458. The van der Waals surface area contributed by atoms with E-state index in [4.69, 9.17) is 9.47 Å². The molecule has 0 unspecified atom stereocenters. The number of halogens is 1. The van der Waals surface area contributed by atoms with Gasteiger partial charge in [-0.05, 0) is 53.1 Å². The number of benzene rings is 4. The second-order valence-electron chi connectivity index (χ2n) is 7.30. The molecule has 0 atom stereocenters. The van der Waals surface area contributed by atoms with Crippen LogP contribution >= 0.6 is 0 Å². The zero-order chi connectivity index (χ0) is 23.2. The fraction of sp³-hybridized carbons (Fsp3) is 0.111. The first kappa shape index (κ1) is 22.0. The Morgan fingerprint density at radius 3 is 2.42 bits per heavy atom. The fourth-order valence-electron chi connectivity index (χ4n) is 3.52. The summed E-state index contributed by atoms with van der Waals surface area (Å²) in [6.45, 7) is 1.62. The van der Waals surface area contributed by atoms with Crippen molar-refractivity contribution in [2.24, 2.45) is 0 Å². The highest BCUT2D eigenvalue weighted by molar-refractivity contribution is 6.14. The maximum absolute atomic E-state index is 14.5. The molecule has 6 heteroatoms. The van der Waals surface area contributed by atoms with Gasteiger partial charge in [0.05, 0.1) is 12.3 Å². The van der Waals surface area contributed by atoms with Crippen LogP contribution in [0.15, 0.2) is 84.9 Å². The van der Waals surface area contributed by atoms with Gasteiger partial charge in [-0.2, -0.15) is 0 Å². The summed E-state index contributed by atoms with van der Waals surface area (Å²) in [6, 6.07) is 25.0.